The summed E-state index contributed by atoms with van der Waals surface area (Å²) < 4.78 is 0. The molecule has 0 aromatic carbocycles. The average molecular weight is 214 g/mol. The predicted octanol–water partition coefficient (Wildman–Crippen LogP) is 1.08. The van der Waals surface area contributed by atoms with Gasteiger partial charge in [0.1, 0.15) is 0 Å². The molecule has 1 heterocycles. The number of likely N-dealkylation sites (tertiary alicyclic amines) is 1. The molecule has 0 spiro atoms. The zero-order valence-corrected chi connectivity index (χ0v) is 10.4. The van der Waals surface area contributed by atoms with Gasteiger partial charge in [0, 0.05) is 25.2 Å². The molecule has 0 aromatic heterocycles. The van der Waals surface area contributed by atoms with Crippen LogP contribution >= 0.6 is 0 Å². The highest BCUT2D eigenvalue weighted by Crippen LogP contribution is 2.17. The van der Waals surface area contributed by atoms with Crippen molar-refractivity contribution in [2.75, 3.05) is 26.2 Å². The van der Waals surface area contributed by atoms with E-state index in [1.165, 1.54) is 26.1 Å². The lowest BCUT2D eigenvalue weighted by molar-refractivity contribution is 0.143. The van der Waals surface area contributed by atoms with Gasteiger partial charge in [-0.2, -0.15) is 0 Å². The van der Waals surface area contributed by atoms with Gasteiger partial charge in [-0.1, -0.05) is 13.8 Å². The molecule has 1 aliphatic rings. The molecule has 1 fully saturated rings. The number of hydrogen-bond acceptors (Lipinski definition) is 3. The van der Waals surface area contributed by atoms with E-state index >= 15 is 0 Å². The molecule has 0 saturated carbocycles. The zero-order chi connectivity index (χ0) is 11.3. The van der Waals surface area contributed by atoms with Gasteiger partial charge in [0.05, 0.1) is 0 Å². The van der Waals surface area contributed by atoms with Crippen LogP contribution in [0.15, 0.2) is 0 Å². The van der Waals surface area contributed by atoms with Crippen molar-refractivity contribution in [2.24, 2.45) is 5.92 Å². The Morgan fingerprint density at radius 3 is 2.80 bits per heavy atom. The van der Waals surface area contributed by atoms with Crippen LogP contribution < -0.4 is 5.32 Å². The van der Waals surface area contributed by atoms with Gasteiger partial charge in [-0.25, -0.2) is 0 Å². The topological polar surface area (TPSA) is 35.5 Å². The van der Waals surface area contributed by atoms with Crippen LogP contribution in [-0.2, 0) is 0 Å². The van der Waals surface area contributed by atoms with Crippen molar-refractivity contribution >= 4 is 0 Å². The number of hydrogen-bond donors (Lipinski definition) is 2. The van der Waals surface area contributed by atoms with Gasteiger partial charge in [0.15, 0.2) is 0 Å². The number of aliphatic hydroxyl groups is 1. The average Bonchev–Trinajstić information content (AvgIpc) is 2.21. The van der Waals surface area contributed by atoms with Gasteiger partial charge >= 0.3 is 0 Å². The minimum Gasteiger partial charge on any atom is -0.396 e. The van der Waals surface area contributed by atoms with Crippen LogP contribution in [0.1, 0.15) is 33.6 Å². The number of piperidine rings is 1. The molecule has 1 saturated heterocycles. The summed E-state index contributed by atoms with van der Waals surface area (Å²) >= 11 is 0. The minimum absolute atomic E-state index is 0.288. The largest absolute Gasteiger partial charge is 0.396 e. The summed E-state index contributed by atoms with van der Waals surface area (Å²) in [4.78, 5) is 2.51. The molecule has 90 valence electrons. The molecule has 3 unspecified atom stereocenters. The van der Waals surface area contributed by atoms with Crippen molar-refractivity contribution in [2.45, 2.75) is 45.7 Å². The Labute approximate surface area is 93.9 Å². The maximum absolute atomic E-state index is 8.86. The molecule has 3 nitrogen and oxygen atoms in total. The van der Waals surface area contributed by atoms with Crippen LogP contribution in [0.3, 0.4) is 0 Å². The van der Waals surface area contributed by atoms with Crippen LogP contribution in [0.4, 0.5) is 0 Å². The molecule has 0 amide bonds. The summed E-state index contributed by atoms with van der Waals surface area (Å²) in [5.41, 5.74) is 0. The summed E-state index contributed by atoms with van der Waals surface area (Å²) in [7, 11) is 0. The lowest BCUT2D eigenvalue weighted by Gasteiger charge is -2.38. The van der Waals surface area contributed by atoms with E-state index in [0.29, 0.717) is 12.1 Å². The summed E-state index contributed by atoms with van der Waals surface area (Å²) in [5, 5.41) is 12.5. The van der Waals surface area contributed by atoms with Gasteiger partial charge in [0.2, 0.25) is 0 Å². The Bertz CT molecular complexity index is 175. The van der Waals surface area contributed by atoms with Crippen molar-refractivity contribution in [3.05, 3.63) is 0 Å². The summed E-state index contributed by atoms with van der Waals surface area (Å²) in [6.45, 7) is 10.6. The maximum Gasteiger partial charge on any atom is 0.0445 e. The van der Waals surface area contributed by atoms with Crippen molar-refractivity contribution < 1.29 is 5.11 Å². The first-order valence-electron chi connectivity index (χ1n) is 6.26. The predicted molar refractivity (Wildman–Crippen MR) is 64.0 cm³/mol. The number of aliphatic hydroxyl groups excluding tert-OH is 1. The van der Waals surface area contributed by atoms with Crippen LogP contribution in [0.25, 0.3) is 0 Å². The molecule has 15 heavy (non-hydrogen) atoms. The number of rotatable bonds is 5. The highest BCUT2D eigenvalue weighted by Gasteiger charge is 2.25. The fourth-order valence-electron chi connectivity index (χ4n) is 2.41. The lowest BCUT2D eigenvalue weighted by Crippen LogP contribution is -2.50. The first-order chi connectivity index (χ1) is 7.17. The summed E-state index contributed by atoms with van der Waals surface area (Å²) in [6, 6.07) is 1.07. The second-order valence-electron chi connectivity index (χ2n) is 4.85. The van der Waals surface area contributed by atoms with Gasteiger partial charge in [-0.15, -0.1) is 0 Å². The molecule has 0 aliphatic carbocycles. The smallest absolute Gasteiger partial charge is 0.0445 e. The van der Waals surface area contributed by atoms with Gasteiger partial charge in [-0.05, 0) is 38.8 Å². The van der Waals surface area contributed by atoms with Crippen molar-refractivity contribution in [1.29, 1.82) is 0 Å². The SMILES string of the molecule is CCN1CCC(NC(C)CCO)C(C)C1. The third-order valence-corrected chi connectivity index (χ3v) is 3.50. The Balaban J connectivity index is 2.31. The van der Waals surface area contributed by atoms with Crippen LogP contribution in [0.2, 0.25) is 0 Å². The summed E-state index contributed by atoms with van der Waals surface area (Å²) in [5.74, 6) is 0.722. The Kier molecular flexibility index (Phi) is 5.58. The van der Waals surface area contributed by atoms with Crippen molar-refractivity contribution in [3.63, 3.8) is 0 Å². The van der Waals surface area contributed by atoms with Crippen molar-refractivity contribution in [3.8, 4) is 0 Å². The lowest BCUT2D eigenvalue weighted by atomic mass is 9.93. The zero-order valence-electron chi connectivity index (χ0n) is 10.4. The second kappa shape index (κ2) is 6.46. The molecule has 0 aromatic rings. The molecular weight excluding hydrogens is 188 g/mol. The van der Waals surface area contributed by atoms with E-state index in [1.54, 1.807) is 0 Å². The molecule has 2 N–H and O–H groups in total. The molecule has 1 aliphatic heterocycles. The van der Waals surface area contributed by atoms with E-state index in [-0.39, 0.29) is 6.61 Å². The number of nitrogens with one attached hydrogen (secondary N) is 1. The first kappa shape index (κ1) is 12.9. The molecule has 0 bridgehead atoms. The van der Waals surface area contributed by atoms with E-state index in [4.69, 9.17) is 5.11 Å². The van der Waals surface area contributed by atoms with Gasteiger partial charge in [-0.3, -0.25) is 0 Å². The normalized spacial score (nSPS) is 30.4. The van der Waals surface area contributed by atoms with Crippen LogP contribution in [0, 0.1) is 5.92 Å². The van der Waals surface area contributed by atoms with E-state index in [2.05, 4.69) is 31.0 Å². The Morgan fingerprint density at radius 1 is 1.53 bits per heavy atom. The van der Waals surface area contributed by atoms with E-state index in [0.717, 1.165) is 12.3 Å². The standard InChI is InChI=1S/C12H26N2O/c1-4-14-7-5-12(10(2)9-14)13-11(3)6-8-15/h10-13,15H,4-9H2,1-3H3. The third-order valence-electron chi connectivity index (χ3n) is 3.50. The highest BCUT2D eigenvalue weighted by molar-refractivity contribution is 4.83. The molecule has 3 heteroatoms. The first-order valence-corrected chi connectivity index (χ1v) is 6.26. The van der Waals surface area contributed by atoms with Crippen molar-refractivity contribution in [1.82, 2.24) is 10.2 Å². The van der Waals surface area contributed by atoms with Gasteiger partial charge in [0.25, 0.3) is 0 Å². The molecule has 0 radical (unpaired) electrons. The van der Waals surface area contributed by atoms with Crippen LogP contribution in [-0.4, -0.2) is 48.3 Å². The third kappa shape index (κ3) is 4.09. The fourth-order valence-corrected chi connectivity index (χ4v) is 2.41. The fraction of sp³-hybridized carbons (Fsp3) is 1.00. The maximum atomic E-state index is 8.86. The van der Waals surface area contributed by atoms with E-state index in [1.807, 2.05) is 0 Å². The number of nitrogens with zero attached hydrogens (tertiary/aromatic N) is 1. The van der Waals surface area contributed by atoms with E-state index < -0.39 is 0 Å². The molecular formula is C12H26N2O. The quantitative estimate of drug-likeness (QED) is 0.719. The molecule has 1 rings (SSSR count). The minimum atomic E-state index is 0.288. The van der Waals surface area contributed by atoms with Crippen LogP contribution in [0.5, 0.6) is 0 Å². The Morgan fingerprint density at radius 2 is 2.27 bits per heavy atom. The second-order valence-corrected chi connectivity index (χ2v) is 4.85. The molecule has 3 atom stereocenters. The monoisotopic (exact) mass is 214 g/mol. The van der Waals surface area contributed by atoms with Gasteiger partial charge < -0.3 is 15.3 Å². The van der Waals surface area contributed by atoms with E-state index in [9.17, 15) is 0 Å². The Hall–Kier alpha value is -0.120. The summed E-state index contributed by atoms with van der Waals surface area (Å²) in [6.07, 6.45) is 2.10. The highest BCUT2D eigenvalue weighted by atomic mass is 16.3.